The molecule has 0 bridgehead atoms. The van der Waals surface area contributed by atoms with Crippen LogP contribution in [-0.4, -0.2) is 25.4 Å². The largest absolute Gasteiger partial charge is 0.391 e. The van der Waals surface area contributed by atoms with Gasteiger partial charge in [-0.15, -0.1) is 0 Å². The van der Waals surface area contributed by atoms with Crippen LogP contribution in [0.4, 0.5) is 13.2 Å². The van der Waals surface area contributed by atoms with Crippen molar-refractivity contribution in [3.05, 3.63) is 0 Å². The fourth-order valence-electron chi connectivity index (χ4n) is 0.457. The molecule has 0 fully saturated rings. The highest BCUT2D eigenvalue weighted by atomic mass is 19.4. The first kappa shape index (κ1) is 10.7. The Morgan fingerprint density at radius 3 is 2.36 bits per heavy atom. The molecule has 2 N–H and O–H groups in total. The normalized spacial score (nSPS) is 15.0. The number of nitrogens with two attached hydrogens (primary N) is 1. The summed E-state index contributed by atoms with van der Waals surface area (Å²) in [4.78, 5) is 0. The summed E-state index contributed by atoms with van der Waals surface area (Å²) in [6.45, 7) is 1.55. The van der Waals surface area contributed by atoms with Crippen LogP contribution in [0.2, 0.25) is 0 Å². The van der Waals surface area contributed by atoms with E-state index in [9.17, 15) is 13.2 Å². The Balaban J connectivity index is 3.15. The maximum absolute atomic E-state index is 11.5. The molecule has 0 aliphatic heterocycles. The molecule has 0 aromatic carbocycles. The maximum Gasteiger partial charge on any atom is 0.391 e. The molecule has 0 aromatic rings. The molecule has 1 unspecified atom stereocenters. The Hall–Kier alpha value is -0.290. The van der Waals surface area contributed by atoms with E-state index in [1.54, 1.807) is 6.92 Å². The lowest BCUT2D eigenvalue weighted by Gasteiger charge is -2.08. The summed E-state index contributed by atoms with van der Waals surface area (Å²) >= 11 is 0. The first-order valence-electron chi connectivity index (χ1n) is 3.32. The van der Waals surface area contributed by atoms with Crippen LogP contribution in [0.3, 0.4) is 0 Å². The predicted molar refractivity (Wildman–Crippen MR) is 35.1 cm³/mol. The Bertz CT molecular complexity index is 102. The lowest BCUT2D eigenvalue weighted by Crippen LogP contribution is -2.23. The Labute approximate surface area is 63.5 Å². The number of hydrogen-bond acceptors (Lipinski definition) is 2. The smallest absolute Gasteiger partial charge is 0.380 e. The molecule has 2 nitrogen and oxygen atoms in total. The van der Waals surface area contributed by atoms with Gasteiger partial charge in [0.1, 0.15) is 0 Å². The summed E-state index contributed by atoms with van der Waals surface area (Å²) in [6, 6.07) is -0.205. The van der Waals surface area contributed by atoms with Gasteiger partial charge in [-0.3, -0.25) is 0 Å². The number of halogens is 3. The second-order valence-electron chi connectivity index (χ2n) is 2.42. The Kier molecular flexibility index (Phi) is 4.44. The monoisotopic (exact) mass is 171 g/mol. The van der Waals surface area contributed by atoms with Crippen molar-refractivity contribution >= 4 is 0 Å². The average Bonchev–Trinajstić information content (AvgIpc) is 1.78. The quantitative estimate of drug-likeness (QED) is 0.647. The molecule has 0 saturated carbocycles. The fourth-order valence-corrected chi connectivity index (χ4v) is 0.457. The molecular formula is C6H12F3NO. The highest BCUT2D eigenvalue weighted by Crippen LogP contribution is 2.18. The van der Waals surface area contributed by atoms with Gasteiger partial charge in [-0.1, -0.05) is 0 Å². The maximum atomic E-state index is 11.5. The summed E-state index contributed by atoms with van der Waals surface area (Å²) in [5, 5.41) is 0. The minimum atomic E-state index is -4.13. The molecule has 0 saturated heterocycles. The van der Waals surface area contributed by atoms with Crippen molar-refractivity contribution in [2.45, 2.75) is 25.6 Å². The van der Waals surface area contributed by atoms with Gasteiger partial charge < -0.3 is 10.5 Å². The summed E-state index contributed by atoms with van der Waals surface area (Å²) in [5.41, 5.74) is 5.24. The number of hydrogen-bond donors (Lipinski definition) is 1. The predicted octanol–water partition coefficient (Wildman–Crippen LogP) is 1.30. The van der Waals surface area contributed by atoms with Crippen molar-refractivity contribution in [1.29, 1.82) is 0 Å². The molecular weight excluding hydrogens is 159 g/mol. The zero-order chi connectivity index (χ0) is 8.91. The van der Waals surface area contributed by atoms with Crippen LogP contribution < -0.4 is 5.73 Å². The van der Waals surface area contributed by atoms with E-state index in [0.717, 1.165) is 0 Å². The topological polar surface area (TPSA) is 35.2 Å². The van der Waals surface area contributed by atoms with E-state index >= 15 is 0 Å². The van der Waals surface area contributed by atoms with Crippen LogP contribution in [0.1, 0.15) is 13.3 Å². The van der Waals surface area contributed by atoms with E-state index in [1.165, 1.54) is 0 Å². The van der Waals surface area contributed by atoms with Crippen LogP contribution in [-0.2, 0) is 4.74 Å². The molecule has 11 heavy (non-hydrogen) atoms. The van der Waals surface area contributed by atoms with Crippen LogP contribution >= 0.6 is 0 Å². The van der Waals surface area contributed by atoms with Crippen molar-refractivity contribution in [3.63, 3.8) is 0 Å². The average molecular weight is 171 g/mol. The second-order valence-corrected chi connectivity index (χ2v) is 2.42. The third kappa shape index (κ3) is 9.71. The van der Waals surface area contributed by atoms with E-state index in [1.807, 2.05) is 0 Å². The Morgan fingerprint density at radius 1 is 1.45 bits per heavy atom. The van der Waals surface area contributed by atoms with Gasteiger partial charge in [-0.2, -0.15) is 13.2 Å². The summed E-state index contributed by atoms with van der Waals surface area (Å²) in [7, 11) is 0. The van der Waals surface area contributed by atoms with E-state index in [2.05, 4.69) is 4.74 Å². The van der Waals surface area contributed by atoms with Gasteiger partial charge in [0.05, 0.1) is 19.6 Å². The van der Waals surface area contributed by atoms with Crippen molar-refractivity contribution in [3.8, 4) is 0 Å². The highest BCUT2D eigenvalue weighted by molar-refractivity contribution is 4.51. The van der Waals surface area contributed by atoms with Crippen molar-refractivity contribution in [2.24, 2.45) is 5.73 Å². The fraction of sp³-hybridized carbons (Fsp3) is 1.00. The molecule has 0 spiro atoms. The standard InChI is InChI=1S/C6H12F3NO/c1-5(10)4-11-3-2-6(7,8)9/h5H,2-4,10H2,1H3. The van der Waals surface area contributed by atoms with Gasteiger partial charge in [0.15, 0.2) is 0 Å². The van der Waals surface area contributed by atoms with E-state index < -0.39 is 12.6 Å². The van der Waals surface area contributed by atoms with Gasteiger partial charge in [0.25, 0.3) is 0 Å². The van der Waals surface area contributed by atoms with Crippen LogP contribution in [0, 0.1) is 0 Å². The second kappa shape index (κ2) is 4.56. The zero-order valence-electron chi connectivity index (χ0n) is 6.32. The number of alkyl halides is 3. The first-order chi connectivity index (χ1) is 4.92. The molecule has 0 aliphatic rings. The lowest BCUT2D eigenvalue weighted by molar-refractivity contribution is -0.145. The third-order valence-corrected chi connectivity index (χ3v) is 0.911. The van der Waals surface area contributed by atoms with Gasteiger partial charge >= 0.3 is 6.18 Å². The third-order valence-electron chi connectivity index (χ3n) is 0.911. The zero-order valence-corrected chi connectivity index (χ0v) is 6.32. The van der Waals surface area contributed by atoms with Crippen LogP contribution in [0.15, 0.2) is 0 Å². The SMILES string of the molecule is CC(N)COCCC(F)(F)F. The van der Waals surface area contributed by atoms with Crippen molar-refractivity contribution < 1.29 is 17.9 Å². The van der Waals surface area contributed by atoms with E-state index in [0.29, 0.717) is 0 Å². The minimum absolute atomic E-state index is 0.177. The van der Waals surface area contributed by atoms with Crippen LogP contribution in [0.25, 0.3) is 0 Å². The number of rotatable bonds is 4. The number of ether oxygens (including phenoxy) is 1. The van der Waals surface area contributed by atoms with E-state index in [4.69, 9.17) is 5.73 Å². The summed E-state index contributed by atoms with van der Waals surface area (Å²) in [6.07, 6.45) is -5.03. The van der Waals surface area contributed by atoms with Crippen molar-refractivity contribution in [2.75, 3.05) is 13.2 Å². The van der Waals surface area contributed by atoms with E-state index in [-0.39, 0.29) is 19.3 Å². The Morgan fingerprint density at radius 2 is 2.00 bits per heavy atom. The van der Waals surface area contributed by atoms with Gasteiger partial charge in [0, 0.05) is 6.04 Å². The molecule has 0 aromatic heterocycles. The molecule has 68 valence electrons. The van der Waals surface area contributed by atoms with Crippen LogP contribution in [0.5, 0.6) is 0 Å². The van der Waals surface area contributed by atoms with Gasteiger partial charge in [0.2, 0.25) is 0 Å². The minimum Gasteiger partial charge on any atom is -0.380 e. The molecule has 0 amide bonds. The first-order valence-corrected chi connectivity index (χ1v) is 3.32. The van der Waals surface area contributed by atoms with Gasteiger partial charge in [-0.25, -0.2) is 0 Å². The molecule has 5 heteroatoms. The molecule has 0 rings (SSSR count). The summed E-state index contributed by atoms with van der Waals surface area (Å²) in [5.74, 6) is 0. The summed E-state index contributed by atoms with van der Waals surface area (Å²) < 4.78 is 39.0. The molecule has 1 atom stereocenters. The molecule has 0 radical (unpaired) electrons. The van der Waals surface area contributed by atoms with Gasteiger partial charge in [-0.05, 0) is 6.92 Å². The molecule has 0 heterocycles. The van der Waals surface area contributed by atoms with Crippen molar-refractivity contribution in [1.82, 2.24) is 0 Å². The highest BCUT2D eigenvalue weighted by Gasteiger charge is 2.26. The lowest BCUT2D eigenvalue weighted by atomic mass is 10.4. The molecule has 0 aliphatic carbocycles.